The molecule has 2 aromatic rings. The first kappa shape index (κ1) is 14.9. The van der Waals surface area contributed by atoms with Crippen LogP contribution in [-0.4, -0.2) is 14.2 Å². The summed E-state index contributed by atoms with van der Waals surface area (Å²) < 4.78 is 11.0. The van der Waals surface area contributed by atoms with Gasteiger partial charge in [0, 0.05) is 6.54 Å². The minimum absolute atomic E-state index is 0.436. The lowest BCUT2D eigenvalue weighted by Crippen LogP contribution is -2.05. The van der Waals surface area contributed by atoms with Crippen molar-refractivity contribution in [2.75, 3.05) is 14.2 Å². The zero-order chi connectivity index (χ0) is 15.1. The van der Waals surface area contributed by atoms with Gasteiger partial charge in [0.1, 0.15) is 24.2 Å². The van der Waals surface area contributed by atoms with E-state index in [1.807, 2.05) is 43.4 Å². The highest BCUT2D eigenvalue weighted by Gasteiger charge is 2.04. The van der Waals surface area contributed by atoms with Crippen LogP contribution < -0.4 is 14.8 Å². The fourth-order valence-corrected chi connectivity index (χ4v) is 2.03. The van der Waals surface area contributed by atoms with E-state index in [1.165, 1.54) is 5.56 Å². The van der Waals surface area contributed by atoms with Gasteiger partial charge < -0.3 is 14.8 Å². The lowest BCUT2D eigenvalue weighted by atomic mass is 10.1. The van der Waals surface area contributed by atoms with Crippen molar-refractivity contribution in [3.63, 3.8) is 0 Å². The maximum absolute atomic E-state index is 8.96. The van der Waals surface area contributed by atoms with E-state index in [0.29, 0.717) is 17.9 Å². The molecule has 0 aliphatic carbocycles. The molecule has 0 spiro atoms. The van der Waals surface area contributed by atoms with Crippen LogP contribution in [0.4, 0.5) is 0 Å². The van der Waals surface area contributed by atoms with Gasteiger partial charge in [-0.3, -0.25) is 0 Å². The van der Waals surface area contributed by atoms with Crippen LogP contribution in [0.15, 0.2) is 42.5 Å². The van der Waals surface area contributed by atoms with Crippen LogP contribution in [0.25, 0.3) is 0 Å². The summed E-state index contributed by atoms with van der Waals surface area (Å²) in [5.74, 6) is 1.40. The Morgan fingerprint density at radius 2 is 2.00 bits per heavy atom. The highest BCUT2D eigenvalue weighted by atomic mass is 16.5. The van der Waals surface area contributed by atoms with Crippen molar-refractivity contribution in [3.8, 4) is 17.6 Å². The third-order valence-electron chi connectivity index (χ3n) is 3.07. The van der Waals surface area contributed by atoms with E-state index in [0.717, 1.165) is 17.9 Å². The number of hydrogen-bond donors (Lipinski definition) is 1. The summed E-state index contributed by atoms with van der Waals surface area (Å²) in [4.78, 5) is 0. The average molecular weight is 282 g/mol. The van der Waals surface area contributed by atoms with Gasteiger partial charge in [-0.25, -0.2) is 0 Å². The topological polar surface area (TPSA) is 54.3 Å². The highest BCUT2D eigenvalue weighted by Crippen LogP contribution is 2.21. The number of benzene rings is 2. The molecule has 1 N–H and O–H groups in total. The minimum Gasteiger partial charge on any atom is -0.495 e. The predicted molar refractivity (Wildman–Crippen MR) is 81.2 cm³/mol. The van der Waals surface area contributed by atoms with Gasteiger partial charge >= 0.3 is 0 Å². The Morgan fingerprint density at radius 1 is 1.14 bits per heavy atom. The second-order valence-electron chi connectivity index (χ2n) is 4.61. The molecule has 0 fully saturated rings. The normalized spacial score (nSPS) is 9.95. The van der Waals surface area contributed by atoms with Gasteiger partial charge in [0.2, 0.25) is 0 Å². The van der Waals surface area contributed by atoms with E-state index in [-0.39, 0.29) is 0 Å². The minimum atomic E-state index is 0.436. The zero-order valence-corrected chi connectivity index (χ0v) is 12.2. The molecule has 4 nitrogen and oxygen atoms in total. The van der Waals surface area contributed by atoms with Gasteiger partial charge in [-0.05, 0) is 42.4 Å². The van der Waals surface area contributed by atoms with E-state index in [1.54, 1.807) is 13.2 Å². The van der Waals surface area contributed by atoms with Gasteiger partial charge in [-0.15, -0.1) is 0 Å². The molecule has 108 valence electrons. The summed E-state index contributed by atoms with van der Waals surface area (Å²) in [6.45, 7) is 1.24. The molecular weight excluding hydrogens is 264 g/mol. The number of rotatable bonds is 6. The van der Waals surface area contributed by atoms with Gasteiger partial charge in [0.25, 0.3) is 0 Å². The SMILES string of the molecule is CNCc1cccc(OCc2ccc(C#N)c(OC)c2)c1. The molecule has 0 amide bonds. The van der Waals surface area contributed by atoms with Crippen molar-refractivity contribution < 1.29 is 9.47 Å². The molecule has 0 aliphatic heterocycles. The second-order valence-corrected chi connectivity index (χ2v) is 4.61. The highest BCUT2D eigenvalue weighted by molar-refractivity contribution is 5.45. The monoisotopic (exact) mass is 282 g/mol. The van der Waals surface area contributed by atoms with E-state index < -0.39 is 0 Å². The van der Waals surface area contributed by atoms with Crippen LogP contribution in [-0.2, 0) is 13.2 Å². The third-order valence-corrected chi connectivity index (χ3v) is 3.07. The molecule has 0 unspecified atom stereocenters. The van der Waals surface area contributed by atoms with Crippen LogP contribution in [0.2, 0.25) is 0 Å². The Kier molecular flexibility index (Phi) is 5.19. The fraction of sp³-hybridized carbons (Fsp3) is 0.235. The Bertz CT molecular complexity index is 647. The van der Waals surface area contributed by atoms with E-state index in [9.17, 15) is 0 Å². The van der Waals surface area contributed by atoms with E-state index in [2.05, 4.69) is 11.4 Å². The lowest BCUT2D eigenvalue weighted by molar-refractivity contribution is 0.305. The smallest absolute Gasteiger partial charge is 0.137 e. The van der Waals surface area contributed by atoms with E-state index in [4.69, 9.17) is 14.7 Å². The maximum Gasteiger partial charge on any atom is 0.137 e. The molecule has 0 saturated heterocycles. The van der Waals surface area contributed by atoms with Crippen LogP contribution in [0, 0.1) is 11.3 Å². The van der Waals surface area contributed by atoms with Crippen LogP contribution in [0.3, 0.4) is 0 Å². The lowest BCUT2D eigenvalue weighted by Gasteiger charge is -2.10. The predicted octanol–water partition coefficient (Wildman–Crippen LogP) is 2.87. The number of ether oxygens (including phenoxy) is 2. The molecule has 2 rings (SSSR count). The Morgan fingerprint density at radius 3 is 2.71 bits per heavy atom. The molecule has 0 bridgehead atoms. The summed E-state index contributed by atoms with van der Waals surface area (Å²) in [5, 5.41) is 12.1. The molecule has 0 atom stereocenters. The van der Waals surface area contributed by atoms with Crippen LogP contribution in [0.1, 0.15) is 16.7 Å². The van der Waals surface area contributed by atoms with E-state index >= 15 is 0 Å². The molecule has 0 saturated carbocycles. The molecule has 0 heterocycles. The fourth-order valence-electron chi connectivity index (χ4n) is 2.03. The molecular formula is C17H18N2O2. The Hall–Kier alpha value is -2.51. The first-order valence-corrected chi connectivity index (χ1v) is 6.70. The summed E-state index contributed by atoms with van der Waals surface area (Å²) in [5.41, 5.74) is 2.66. The Balaban J connectivity index is 2.06. The maximum atomic E-state index is 8.96. The molecule has 21 heavy (non-hydrogen) atoms. The number of methoxy groups -OCH3 is 1. The van der Waals surface area contributed by atoms with Crippen molar-refractivity contribution in [1.82, 2.24) is 5.32 Å². The molecule has 4 heteroatoms. The Labute approximate surface area is 124 Å². The summed E-state index contributed by atoms with van der Waals surface area (Å²) in [7, 11) is 3.47. The zero-order valence-electron chi connectivity index (χ0n) is 12.2. The van der Waals surface area contributed by atoms with Gasteiger partial charge in [0.05, 0.1) is 12.7 Å². The largest absolute Gasteiger partial charge is 0.495 e. The van der Waals surface area contributed by atoms with Crippen molar-refractivity contribution in [2.24, 2.45) is 0 Å². The van der Waals surface area contributed by atoms with Crippen molar-refractivity contribution in [3.05, 3.63) is 59.2 Å². The average Bonchev–Trinajstić information content (AvgIpc) is 2.53. The summed E-state index contributed by atoms with van der Waals surface area (Å²) in [6.07, 6.45) is 0. The second kappa shape index (κ2) is 7.32. The van der Waals surface area contributed by atoms with Gasteiger partial charge in [-0.1, -0.05) is 18.2 Å². The summed E-state index contributed by atoms with van der Waals surface area (Å²) >= 11 is 0. The molecule has 0 aliphatic rings. The van der Waals surface area contributed by atoms with Gasteiger partial charge in [-0.2, -0.15) is 5.26 Å². The molecule has 0 aromatic heterocycles. The third kappa shape index (κ3) is 3.98. The molecule has 0 radical (unpaired) electrons. The molecule has 2 aromatic carbocycles. The standard InChI is InChI=1S/C17H18N2O2/c1-19-11-13-4-3-5-16(8-13)21-12-14-6-7-15(10-18)17(9-14)20-2/h3-9,19H,11-12H2,1-2H3. The quantitative estimate of drug-likeness (QED) is 0.885. The first-order valence-electron chi connectivity index (χ1n) is 6.70. The number of nitriles is 1. The number of nitrogens with one attached hydrogen (secondary N) is 1. The van der Waals surface area contributed by atoms with Crippen molar-refractivity contribution in [1.29, 1.82) is 5.26 Å². The summed E-state index contributed by atoms with van der Waals surface area (Å²) in [6, 6.07) is 15.5. The first-order chi connectivity index (χ1) is 10.3. The van der Waals surface area contributed by atoms with Crippen molar-refractivity contribution in [2.45, 2.75) is 13.2 Å². The van der Waals surface area contributed by atoms with Crippen LogP contribution >= 0.6 is 0 Å². The van der Waals surface area contributed by atoms with Crippen molar-refractivity contribution >= 4 is 0 Å². The van der Waals surface area contributed by atoms with Crippen LogP contribution in [0.5, 0.6) is 11.5 Å². The van der Waals surface area contributed by atoms with Gasteiger partial charge in [0.15, 0.2) is 0 Å². The number of nitrogens with zero attached hydrogens (tertiary/aromatic N) is 1. The number of hydrogen-bond acceptors (Lipinski definition) is 4.